The van der Waals surface area contributed by atoms with Crippen molar-refractivity contribution >= 4 is 21.8 Å². The van der Waals surface area contributed by atoms with Crippen molar-refractivity contribution in [3.8, 4) is 0 Å². The van der Waals surface area contributed by atoms with Crippen LogP contribution in [0.15, 0.2) is 33.7 Å². The molecule has 144 valence electrons. The number of rotatable bonds is 3. The summed E-state index contributed by atoms with van der Waals surface area (Å²) >= 11 is 3.50. The van der Waals surface area contributed by atoms with Crippen LogP contribution in [-0.2, 0) is 12.7 Å². The zero-order chi connectivity index (χ0) is 19.9. The van der Waals surface area contributed by atoms with E-state index in [1.165, 1.54) is 0 Å². The summed E-state index contributed by atoms with van der Waals surface area (Å²) < 4.78 is 55.6. The Hall–Kier alpha value is -1.96. The van der Waals surface area contributed by atoms with Gasteiger partial charge in [0.2, 0.25) is 0 Å². The van der Waals surface area contributed by atoms with Crippen molar-refractivity contribution in [1.82, 2.24) is 4.57 Å². The van der Waals surface area contributed by atoms with Gasteiger partial charge in [-0.3, -0.25) is 4.79 Å². The van der Waals surface area contributed by atoms with Gasteiger partial charge in [-0.15, -0.1) is 0 Å². The van der Waals surface area contributed by atoms with Crippen LogP contribution in [0.5, 0.6) is 0 Å². The third-order valence-corrected chi connectivity index (χ3v) is 5.78. The second-order valence-electron chi connectivity index (χ2n) is 6.72. The minimum absolute atomic E-state index is 0.307. The summed E-state index contributed by atoms with van der Waals surface area (Å²) in [6, 6.07) is 4.29. The Kier molecular flexibility index (Phi) is 5.29. The van der Waals surface area contributed by atoms with Crippen molar-refractivity contribution in [2.45, 2.75) is 39.4 Å². The van der Waals surface area contributed by atoms with Gasteiger partial charge < -0.3 is 4.57 Å². The number of nitrogens with zero attached hydrogens (tertiary/aromatic N) is 2. The lowest BCUT2D eigenvalue weighted by Gasteiger charge is -2.15. The molecule has 1 aliphatic carbocycles. The van der Waals surface area contributed by atoms with Gasteiger partial charge in [-0.25, -0.2) is 4.39 Å². The van der Waals surface area contributed by atoms with E-state index in [4.69, 9.17) is 0 Å². The highest BCUT2D eigenvalue weighted by molar-refractivity contribution is 9.10. The van der Waals surface area contributed by atoms with E-state index in [1.807, 2.05) is 18.4 Å². The molecule has 0 saturated heterocycles. The molecule has 0 bridgehead atoms. The normalized spacial score (nSPS) is 15.3. The highest BCUT2D eigenvalue weighted by Gasteiger charge is 2.35. The topological polar surface area (TPSA) is 34.4 Å². The van der Waals surface area contributed by atoms with E-state index in [0.29, 0.717) is 24.0 Å². The maximum Gasteiger partial charge on any atom is 0.419 e. The lowest BCUT2D eigenvalue weighted by atomic mass is 10.1. The Bertz CT molecular complexity index is 975. The summed E-state index contributed by atoms with van der Waals surface area (Å²) in [5, 5.41) is 0. The predicted molar refractivity (Wildman–Crippen MR) is 95.6 cm³/mol. The van der Waals surface area contributed by atoms with Gasteiger partial charge in [0.15, 0.2) is 0 Å². The number of benzene rings is 1. The maximum absolute atomic E-state index is 14.2. The first-order valence-electron chi connectivity index (χ1n) is 8.41. The standard InChI is InChI=1S/C19H17BrF4N2O/c1-10-8-15(26(9-12-6-7-12)11(2)16(10)20)25-18(27)13-4-3-5-14(17(13)21)19(22,23)24/h3-5,8,12H,6-7,9H2,1-2H3. The summed E-state index contributed by atoms with van der Waals surface area (Å²) in [7, 11) is 0. The average Bonchev–Trinajstić information content (AvgIpc) is 3.39. The number of amides is 1. The molecule has 0 unspecified atom stereocenters. The molecule has 3 rings (SSSR count). The molecule has 27 heavy (non-hydrogen) atoms. The van der Waals surface area contributed by atoms with Crippen LogP contribution < -0.4 is 5.49 Å². The molecule has 0 aliphatic heterocycles. The van der Waals surface area contributed by atoms with Gasteiger partial charge in [-0.05, 0) is 72.3 Å². The van der Waals surface area contributed by atoms with Crippen LogP contribution in [-0.4, -0.2) is 10.5 Å². The van der Waals surface area contributed by atoms with Crippen LogP contribution >= 0.6 is 15.9 Å². The van der Waals surface area contributed by atoms with Crippen molar-refractivity contribution in [3.05, 3.63) is 62.4 Å². The monoisotopic (exact) mass is 444 g/mol. The van der Waals surface area contributed by atoms with E-state index in [0.717, 1.165) is 40.7 Å². The third kappa shape index (κ3) is 4.15. The summed E-state index contributed by atoms with van der Waals surface area (Å²) in [6.07, 6.45) is -2.72. The van der Waals surface area contributed by atoms with Crippen LogP contribution in [0.3, 0.4) is 0 Å². The Morgan fingerprint density at radius 3 is 2.56 bits per heavy atom. The smallest absolute Gasteiger partial charge is 0.329 e. The number of halogens is 5. The lowest BCUT2D eigenvalue weighted by molar-refractivity contribution is -0.140. The summed E-state index contributed by atoms with van der Waals surface area (Å²) in [5.41, 5.74) is -0.172. The zero-order valence-electron chi connectivity index (χ0n) is 14.7. The molecule has 0 radical (unpaired) electrons. The first-order valence-corrected chi connectivity index (χ1v) is 9.20. The molecule has 0 spiro atoms. The van der Waals surface area contributed by atoms with E-state index in [2.05, 4.69) is 20.9 Å². The SMILES string of the molecule is Cc1cc(=NC(=O)c2cccc(C(F)(F)F)c2F)n(CC2CC2)c(C)c1Br. The number of carbonyl (C=O) groups excluding carboxylic acids is 1. The third-order valence-electron chi connectivity index (χ3n) is 4.58. The number of alkyl halides is 3. The molecule has 2 aromatic rings. The molecule has 1 amide bonds. The van der Waals surface area contributed by atoms with Crippen molar-refractivity contribution in [2.24, 2.45) is 10.9 Å². The summed E-state index contributed by atoms with van der Waals surface area (Å²) in [4.78, 5) is 16.4. The van der Waals surface area contributed by atoms with Gasteiger partial charge >= 0.3 is 6.18 Å². The minimum atomic E-state index is -4.88. The molecule has 8 heteroatoms. The number of hydrogen-bond donors (Lipinski definition) is 0. The summed E-state index contributed by atoms with van der Waals surface area (Å²) in [5.74, 6) is -2.15. The number of aromatic nitrogens is 1. The van der Waals surface area contributed by atoms with Gasteiger partial charge in [-0.2, -0.15) is 18.2 Å². The molecule has 1 saturated carbocycles. The van der Waals surface area contributed by atoms with E-state index in [9.17, 15) is 22.4 Å². The first-order chi connectivity index (χ1) is 12.6. The second kappa shape index (κ2) is 7.22. The number of hydrogen-bond acceptors (Lipinski definition) is 1. The van der Waals surface area contributed by atoms with E-state index in [1.54, 1.807) is 6.07 Å². The molecule has 1 aromatic carbocycles. The quantitative estimate of drug-likeness (QED) is 0.600. The fourth-order valence-corrected chi connectivity index (χ4v) is 3.20. The van der Waals surface area contributed by atoms with Gasteiger partial charge in [0.1, 0.15) is 11.3 Å². The predicted octanol–water partition coefficient (Wildman–Crippen LogP) is 5.18. The molecule has 1 heterocycles. The fourth-order valence-electron chi connectivity index (χ4n) is 2.87. The highest BCUT2D eigenvalue weighted by atomic mass is 79.9. The molecule has 1 aliphatic rings. The number of aryl methyl sites for hydroxylation is 1. The molecular weight excluding hydrogens is 428 g/mol. The Morgan fingerprint density at radius 2 is 1.96 bits per heavy atom. The summed E-state index contributed by atoms with van der Waals surface area (Å²) in [6.45, 7) is 4.35. The van der Waals surface area contributed by atoms with Gasteiger partial charge in [0.05, 0.1) is 11.1 Å². The molecule has 3 nitrogen and oxygen atoms in total. The van der Waals surface area contributed by atoms with Crippen LogP contribution in [0.1, 0.15) is 40.0 Å². The van der Waals surface area contributed by atoms with E-state index in [-0.39, 0.29) is 0 Å². The highest BCUT2D eigenvalue weighted by Crippen LogP contribution is 2.33. The van der Waals surface area contributed by atoms with Crippen LogP contribution in [0, 0.1) is 25.6 Å². The Morgan fingerprint density at radius 1 is 1.30 bits per heavy atom. The van der Waals surface area contributed by atoms with Gasteiger partial charge in [-0.1, -0.05) is 6.07 Å². The number of pyridine rings is 1. The molecule has 1 aromatic heterocycles. The van der Waals surface area contributed by atoms with Crippen molar-refractivity contribution in [1.29, 1.82) is 0 Å². The fraction of sp³-hybridized carbons (Fsp3) is 0.368. The van der Waals surface area contributed by atoms with Crippen molar-refractivity contribution in [2.75, 3.05) is 0 Å². The van der Waals surface area contributed by atoms with E-state index < -0.39 is 29.0 Å². The van der Waals surface area contributed by atoms with Crippen molar-refractivity contribution < 1.29 is 22.4 Å². The average molecular weight is 445 g/mol. The first kappa shape index (κ1) is 19.8. The van der Waals surface area contributed by atoms with Gasteiger partial charge in [0.25, 0.3) is 5.91 Å². The minimum Gasteiger partial charge on any atom is -0.329 e. The van der Waals surface area contributed by atoms with E-state index >= 15 is 0 Å². The van der Waals surface area contributed by atoms with Crippen LogP contribution in [0.25, 0.3) is 0 Å². The molecule has 0 N–H and O–H groups in total. The zero-order valence-corrected chi connectivity index (χ0v) is 16.3. The molecule has 0 atom stereocenters. The molecular formula is C19H17BrF4N2O. The van der Waals surface area contributed by atoms with Crippen LogP contribution in [0.4, 0.5) is 17.6 Å². The maximum atomic E-state index is 14.2. The second-order valence-corrected chi connectivity index (χ2v) is 7.51. The Labute approximate surface area is 161 Å². The van der Waals surface area contributed by atoms with Crippen molar-refractivity contribution in [3.63, 3.8) is 0 Å². The molecule has 1 fully saturated rings. The largest absolute Gasteiger partial charge is 0.419 e. The Balaban J connectivity index is 2.11. The van der Waals surface area contributed by atoms with Gasteiger partial charge in [0, 0.05) is 16.7 Å². The number of carbonyl (C=O) groups is 1. The van der Waals surface area contributed by atoms with Crippen LogP contribution in [0.2, 0.25) is 0 Å². The lowest BCUT2D eigenvalue weighted by Crippen LogP contribution is -2.26.